The summed E-state index contributed by atoms with van der Waals surface area (Å²) >= 11 is 0. The summed E-state index contributed by atoms with van der Waals surface area (Å²) in [5.74, 6) is -0.761. The Morgan fingerprint density at radius 1 is 1.19 bits per heavy atom. The summed E-state index contributed by atoms with van der Waals surface area (Å²) in [7, 11) is 0. The van der Waals surface area contributed by atoms with Crippen LogP contribution in [0.4, 0.5) is 0 Å². The van der Waals surface area contributed by atoms with Gasteiger partial charge in [0.05, 0.1) is 0 Å². The van der Waals surface area contributed by atoms with Crippen LogP contribution in [0.5, 0.6) is 0 Å². The van der Waals surface area contributed by atoms with Crippen molar-refractivity contribution in [1.82, 2.24) is 4.90 Å². The van der Waals surface area contributed by atoms with Crippen LogP contribution in [0.2, 0.25) is 0 Å². The van der Waals surface area contributed by atoms with Crippen LogP contribution in [-0.4, -0.2) is 35.6 Å². The van der Waals surface area contributed by atoms with E-state index in [0.717, 1.165) is 38.9 Å². The third kappa shape index (κ3) is 6.62. The zero-order valence-electron chi connectivity index (χ0n) is 10.8. The standard InChI is InChI=1S/C13H25NO2/c1-4-7-8-9-12(13(15)16)10-11-14(5-2)6-3/h10H,4-9,11H2,1-3H3,(H,15,16). The van der Waals surface area contributed by atoms with Crippen LogP contribution in [-0.2, 0) is 4.79 Å². The predicted molar refractivity (Wildman–Crippen MR) is 67.6 cm³/mol. The molecule has 0 aliphatic carbocycles. The average molecular weight is 227 g/mol. The molecule has 0 saturated carbocycles. The topological polar surface area (TPSA) is 40.5 Å². The highest BCUT2D eigenvalue weighted by Gasteiger charge is 2.07. The normalized spacial score (nSPS) is 12.1. The van der Waals surface area contributed by atoms with Crippen molar-refractivity contribution < 1.29 is 9.90 Å². The van der Waals surface area contributed by atoms with Crippen LogP contribution in [0, 0.1) is 0 Å². The molecule has 0 radical (unpaired) electrons. The molecule has 3 heteroatoms. The van der Waals surface area contributed by atoms with Crippen molar-refractivity contribution in [2.24, 2.45) is 0 Å². The van der Waals surface area contributed by atoms with E-state index in [1.54, 1.807) is 0 Å². The number of carboxylic acid groups (broad SMARTS) is 1. The fourth-order valence-corrected chi connectivity index (χ4v) is 1.58. The number of unbranched alkanes of at least 4 members (excludes halogenated alkanes) is 2. The first-order chi connectivity index (χ1) is 7.65. The lowest BCUT2D eigenvalue weighted by molar-refractivity contribution is -0.132. The lowest BCUT2D eigenvalue weighted by Gasteiger charge is -2.15. The smallest absolute Gasteiger partial charge is 0.331 e. The largest absolute Gasteiger partial charge is 0.478 e. The van der Waals surface area contributed by atoms with Crippen LogP contribution in [0.25, 0.3) is 0 Å². The lowest BCUT2D eigenvalue weighted by Crippen LogP contribution is -2.23. The van der Waals surface area contributed by atoms with Gasteiger partial charge in [0.15, 0.2) is 0 Å². The second-order valence-corrected chi connectivity index (χ2v) is 3.98. The van der Waals surface area contributed by atoms with Crippen molar-refractivity contribution in [1.29, 1.82) is 0 Å². The van der Waals surface area contributed by atoms with Crippen molar-refractivity contribution in [2.45, 2.75) is 46.5 Å². The molecule has 0 fully saturated rings. The van der Waals surface area contributed by atoms with Gasteiger partial charge in [0.25, 0.3) is 0 Å². The summed E-state index contributed by atoms with van der Waals surface area (Å²) < 4.78 is 0. The van der Waals surface area contributed by atoms with E-state index in [2.05, 4.69) is 25.7 Å². The molecular weight excluding hydrogens is 202 g/mol. The zero-order valence-corrected chi connectivity index (χ0v) is 10.8. The third-order valence-corrected chi connectivity index (χ3v) is 2.81. The number of hydrogen-bond donors (Lipinski definition) is 1. The lowest BCUT2D eigenvalue weighted by atomic mass is 10.1. The van der Waals surface area contributed by atoms with Gasteiger partial charge in [-0.15, -0.1) is 0 Å². The molecule has 0 amide bonds. The van der Waals surface area contributed by atoms with Crippen LogP contribution in [0.15, 0.2) is 11.6 Å². The number of rotatable bonds is 9. The summed E-state index contributed by atoms with van der Waals surface area (Å²) in [6.07, 6.45) is 5.78. The molecule has 0 aromatic rings. The number of carbonyl (C=O) groups is 1. The van der Waals surface area contributed by atoms with Crippen molar-refractivity contribution in [2.75, 3.05) is 19.6 Å². The van der Waals surface area contributed by atoms with Gasteiger partial charge in [0.2, 0.25) is 0 Å². The van der Waals surface area contributed by atoms with E-state index in [0.29, 0.717) is 12.0 Å². The average Bonchev–Trinajstić information content (AvgIpc) is 2.27. The van der Waals surface area contributed by atoms with E-state index in [1.165, 1.54) is 0 Å². The molecule has 1 N–H and O–H groups in total. The minimum atomic E-state index is -0.761. The second kappa shape index (κ2) is 9.40. The summed E-state index contributed by atoms with van der Waals surface area (Å²) in [4.78, 5) is 13.2. The first-order valence-corrected chi connectivity index (χ1v) is 6.30. The Labute approximate surface area is 99.1 Å². The van der Waals surface area contributed by atoms with E-state index >= 15 is 0 Å². The van der Waals surface area contributed by atoms with Gasteiger partial charge in [-0.05, 0) is 25.9 Å². The highest BCUT2D eigenvalue weighted by atomic mass is 16.4. The van der Waals surface area contributed by atoms with Crippen molar-refractivity contribution in [3.63, 3.8) is 0 Å². The third-order valence-electron chi connectivity index (χ3n) is 2.81. The predicted octanol–water partition coefficient (Wildman–Crippen LogP) is 2.92. The van der Waals surface area contributed by atoms with E-state index in [4.69, 9.17) is 5.11 Å². The van der Waals surface area contributed by atoms with Crippen LogP contribution in [0.3, 0.4) is 0 Å². The van der Waals surface area contributed by atoms with E-state index < -0.39 is 5.97 Å². The minimum absolute atomic E-state index is 0.570. The molecule has 94 valence electrons. The minimum Gasteiger partial charge on any atom is -0.478 e. The zero-order chi connectivity index (χ0) is 12.4. The Bertz CT molecular complexity index is 220. The fourth-order valence-electron chi connectivity index (χ4n) is 1.58. The Morgan fingerprint density at radius 2 is 1.81 bits per heavy atom. The maximum Gasteiger partial charge on any atom is 0.331 e. The van der Waals surface area contributed by atoms with Crippen molar-refractivity contribution in [3.05, 3.63) is 11.6 Å². The Morgan fingerprint density at radius 3 is 2.25 bits per heavy atom. The molecule has 0 aliphatic heterocycles. The quantitative estimate of drug-likeness (QED) is 0.486. The molecule has 0 spiro atoms. The van der Waals surface area contributed by atoms with E-state index in [-0.39, 0.29) is 0 Å². The van der Waals surface area contributed by atoms with Gasteiger partial charge in [-0.1, -0.05) is 39.7 Å². The van der Waals surface area contributed by atoms with Gasteiger partial charge in [0.1, 0.15) is 0 Å². The van der Waals surface area contributed by atoms with Gasteiger partial charge in [0, 0.05) is 12.1 Å². The molecule has 3 nitrogen and oxygen atoms in total. The Kier molecular flexibility index (Phi) is 8.91. The molecule has 0 aliphatic rings. The highest BCUT2D eigenvalue weighted by Crippen LogP contribution is 2.09. The molecule has 0 heterocycles. The number of aliphatic carboxylic acids is 1. The molecule has 0 aromatic heterocycles. The molecule has 0 saturated heterocycles. The first kappa shape index (κ1) is 15.2. The molecule has 0 unspecified atom stereocenters. The van der Waals surface area contributed by atoms with Gasteiger partial charge >= 0.3 is 5.97 Å². The van der Waals surface area contributed by atoms with Gasteiger partial charge in [-0.3, -0.25) is 0 Å². The number of nitrogens with zero attached hydrogens (tertiary/aromatic N) is 1. The SMILES string of the molecule is CCCCCC(=CCN(CC)CC)C(=O)O. The van der Waals surface area contributed by atoms with E-state index in [9.17, 15) is 4.79 Å². The monoisotopic (exact) mass is 227 g/mol. The van der Waals surface area contributed by atoms with Crippen molar-refractivity contribution in [3.8, 4) is 0 Å². The van der Waals surface area contributed by atoms with Gasteiger partial charge in [-0.25, -0.2) is 4.79 Å². The summed E-state index contributed by atoms with van der Waals surface area (Å²) in [5, 5.41) is 9.04. The van der Waals surface area contributed by atoms with Crippen molar-refractivity contribution >= 4 is 5.97 Å². The highest BCUT2D eigenvalue weighted by molar-refractivity contribution is 5.86. The molecule has 0 atom stereocenters. The second-order valence-electron chi connectivity index (χ2n) is 3.98. The first-order valence-electron chi connectivity index (χ1n) is 6.30. The summed E-state index contributed by atoms with van der Waals surface area (Å²) in [5.41, 5.74) is 0.570. The summed E-state index contributed by atoms with van der Waals surface area (Å²) in [6, 6.07) is 0. The van der Waals surface area contributed by atoms with Crippen LogP contribution < -0.4 is 0 Å². The molecular formula is C13H25NO2. The molecule has 0 aromatic carbocycles. The Balaban J connectivity index is 4.18. The van der Waals surface area contributed by atoms with Gasteiger partial charge < -0.3 is 10.0 Å². The van der Waals surface area contributed by atoms with Gasteiger partial charge in [-0.2, -0.15) is 0 Å². The van der Waals surface area contributed by atoms with Crippen LogP contribution >= 0.6 is 0 Å². The van der Waals surface area contributed by atoms with E-state index in [1.807, 2.05) is 6.08 Å². The number of hydrogen-bond acceptors (Lipinski definition) is 2. The maximum absolute atomic E-state index is 11.0. The molecule has 0 bridgehead atoms. The van der Waals surface area contributed by atoms with Crippen LogP contribution in [0.1, 0.15) is 46.5 Å². The number of carboxylic acids is 1. The maximum atomic E-state index is 11.0. The Hall–Kier alpha value is -0.830. The molecule has 16 heavy (non-hydrogen) atoms. The number of likely N-dealkylation sites (N-methyl/N-ethyl adjacent to an activating group) is 1. The molecule has 0 rings (SSSR count). The fraction of sp³-hybridized carbons (Fsp3) is 0.769. The summed E-state index contributed by atoms with van der Waals surface area (Å²) in [6.45, 7) is 8.99.